The van der Waals surface area contributed by atoms with E-state index in [0.717, 1.165) is 20.0 Å². The Bertz CT molecular complexity index is 1080. The lowest BCUT2D eigenvalue weighted by Gasteiger charge is -2.21. The van der Waals surface area contributed by atoms with Gasteiger partial charge in [0, 0.05) is 24.2 Å². The van der Waals surface area contributed by atoms with E-state index in [2.05, 4.69) is 0 Å². The Morgan fingerprint density at radius 3 is 2.54 bits per heavy atom. The van der Waals surface area contributed by atoms with Crippen LogP contribution in [0.3, 0.4) is 0 Å². The fourth-order valence-corrected chi connectivity index (χ4v) is 3.99. The number of ether oxygens (including phenoxy) is 1. The third-order valence-corrected chi connectivity index (χ3v) is 6.51. The summed E-state index contributed by atoms with van der Waals surface area (Å²) in [5.74, 6) is 0.563. The maximum Gasteiger partial charge on any atom is 0.338 e. The number of nitrogens with one attached hydrogen (secondary N) is 1. The summed E-state index contributed by atoms with van der Waals surface area (Å²) in [7, 11) is -1.02. The summed E-state index contributed by atoms with van der Waals surface area (Å²) < 4.78 is 37.3. The molecule has 1 aromatic heterocycles. The van der Waals surface area contributed by atoms with Gasteiger partial charge in [-0.05, 0) is 23.8 Å². The number of hydrogen-bond donors (Lipinski definition) is 2. The number of nitrogens with zero attached hydrogens (tertiary/aromatic N) is 1. The molecule has 28 heavy (non-hydrogen) atoms. The summed E-state index contributed by atoms with van der Waals surface area (Å²) >= 11 is 1.40. The average Bonchev–Trinajstić information content (AvgIpc) is 3.11. The Morgan fingerprint density at radius 1 is 1.18 bits per heavy atom. The van der Waals surface area contributed by atoms with Crippen LogP contribution >= 0.6 is 11.3 Å². The summed E-state index contributed by atoms with van der Waals surface area (Å²) in [5.41, 5.74) is 6.39. The normalized spacial score (nSPS) is 13.0. The molecular weight excluding hydrogens is 398 g/mol. The topological polar surface area (TPSA) is 106 Å². The lowest BCUT2D eigenvalue weighted by atomic mass is 10.1. The number of hydrogen-bond acceptors (Lipinski definition) is 6. The monoisotopic (exact) mass is 419 g/mol. The van der Waals surface area contributed by atoms with Gasteiger partial charge in [0.1, 0.15) is 24.3 Å². The molecule has 0 fully saturated rings. The molecule has 1 heterocycles. The molecule has 3 N–H and O–H groups in total. The zero-order valence-electron chi connectivity index (χ0n) is 15.5. The standard InChI is InChI=1S/C19H21N3O4S2/c1-22(2)28(23,24)25-12-16(13-7-4-3-5-8-13)26-15-9-6-10-17-14(15)11-18(27-17)19(20)21/h3-11,16H,12H2,1-2H3,(H3,20,21). The van der Waals surface area contributed by atoms with Crippen LogP contribution < -0.4 is 10.5 Å². The van der Waals surface area contributed by atoms with Crippen molar-refractivity contribution in [3.8, 4) is 5.75 Å². The van der Waals surface area contributed by atoms with Gasteiger partial charge in [-0.15, -0.1) is 11.3 Å². The number of rotatable bonds is 8. The van der Waals surface area contributed by atoms with E-state index in [1.807, 2.05) is 42.5 Å². The van der Waals surface area contributed by atoms with Crippen LogP contribution in [-0.4, -0.2) is 39.3 Å². The molecule has 0 spiro atoms. The zero-order chi connectivity index (χ0) is 20.3. The molecule has 0 amide bonds. The highest BCUT2D eigenvalue weighted by Crippen LogP contribution is 2.35. The van der Waals surface area contributed by atoms with Gasteiger partial charge < -0.3 is 10.5 Å². The van der Waals surface area contributed by atoms with Crippen molar-refractivity contribution in [3.05, 3.63) is 65.0 Å². The van der Waals surface area contributed by atoms with Gasteiger partial charge in [-0.1, -0.05) is 36.4 Å². The van der Waals surface area contributed by atoms with Crippen LogP contribution in [0.5, 0.6) is 5.75 Å². The molecule has 148 valence electrons. The van der Waals surface area contributed by atoms with Crippen LogP contribution in [0, 0.1) is 5.41 Å². The molecule has 0 saturated heterocycles. The molecule has 0 bridgehead atoms. The Morgan fingerprint density at radius 2 is 1.89 bits per heavy atom. The molecule has 3 rings (SSSR count). The van der Waals surface area contributed by atoms with Crippen LogP contribution in [0.2, 0.25) is 0 Å². The Balaban J connectivity index is 1.94. The van der Waals surface area contributed by atoms with E-state index in [4.69, 9.17) is 20.1 Å². The molecular formula is C19H21N3O4S2. The van der Waals surface area contributed by atoms with Crippen molar-refractivity contribution in [1.82, 2.24) is 4.31 Å². The van der Waals surface area contributed by atoms with E-state index < -0.39 is 16.4 Å². The number of benzene rings is 2. The molecule has 0 aliphatic heterocycles. The fraction of sp³-hybridized carbons (Fsp3) is 0.211. The van der Waals surface area contributed by atoms with Crippen LogP contribution in [0.4, 0.5) is 0 Å². The van der Waals surface area contributed by atoms with Crippen molar-refractivity contribution in [1.29, 1.82) is 5.41 Å². The molecule has 2 aromatic carbocycles. The van der Waals surface area contributed by atoms with Crippen molar-refractivity contribution in [2.75, 3.05) is 20.7 Å². The van der Waals surface area contributed by atoms with Gasteiger partial charge in [-0.3, -0.25) is 9.59 Å². The predicted molar refractivity (Wildman–Crippen MR) is 111 cm³/mol. The molecule has 7 nitrogen and oxygen atoms in total. The zero-order valence-corrected chi connectivity index (χ0v) is 17.1. The summed E-state index contributed by atoms with van der Waals surface area (Å²) in [6.07, 6.45) is -0.637. The van der Waals surface area contributed by atoms with Gasteiger partial charge in [0.2, 0.25) is 0 Å². The molecule has 0 saturated carbocycles. The Kier molecular flexibility index (Phi) is 5.99. The maximum atomic E-state index is 12.0. The first-order chi connectivity index (χ1) is 13.3. The van der Waals surface area contributed by atoms with E-state index in [1.165, 1.54) is 25.4 Å². The third kappa shape index (κ3) is 4.50. The summed E-state index contributed by atoms with van der Waals surface area (Å²) in [4.78, 5) is 0.647. The largest absolute Gasteiger partial charge is 0.483 e. The van der Waals surface area contributed by atoms with E-state index in [0.29, 0.717) is 10.6 Å². The van der Waals surface area contributed by atoms with Crippen LogP contribution in [0.25, 0.3) is 10.1 Å². The summed E-state index contributed by atoms with van der Waals surface area (Å²) in [5, 5.41) is 8.46. The Labute approximate surface area is 168 Å². The molecule has 1 atom stereocenters. The first-order valence-corrected chi connectivity index (χ1v) is 10.6. The van der Waals surface area contributed by atoms with E-state index >= 15 is 0 Å². The highest BCUT2D eigenvalue weighted by molar-refractivity contribution is 7.84. The van der Waals surface area contributed by atoms with Crippen molar-refractivity contribution in [3.63, 3.8) is 0 Å². The summed E-state index contributed by atoms with van der Waals surface area (Å²) in [6.45, 7) is -0.176. The van der Waals surface area contributed by atoms with Crippen molar-refractivity contribution >= 4 is 37.6 Å². The van der Waals surface area contributed by atoms with Gasteiger partial charge >= 0.3 is 10.3 Å². The van der Waals surface area contributed by atoms with E-state index in [1.54, 1.807) is 12.1 Å². The number of fused-ring (bicyclic) bond motifs is 1. The Hall–Kier alpha value is -2.46. The second kappa shape index (κ2) is 8.27. The smallest absolute Gasteiger partial charge is 0.338 e. The SMILES string of the molecule is CN(C)S(=O)(=O)OCC(Oc1cccc2sc(C(=N)N)cc12)c1ccccc1. The molecule has 0 radical (unpaired) electrons. The van der Waals surface area contributed by atoms with E-state index in [-0.39, 0.29) is 12.4 Å². The minimum atomic E-state index is -3.83. The second-order valence-electron chi connectivity index (χ2n) is 6.23. The van der Waals surface area contributed by atoms with Gasteiger partial charge in [-0.2, -0.15) is 12.7 Å². The van der Waals surface area contributed by atoms with Crippen molar-refractivity contribution < 1.29 is 17.3 Å². The third-order valence-electron chi connectivity index (χ3n) is 4.04. The van der Waals surface area contributed by atoms with Gasteiger partial charge in [0.25, 0.3) is 0 Å². The van der Waals surface area contributed by atoms with Crippen LogP contribution in [0.15, 0.2) is 54.6 Å². The predicted octanol–water partition coefficient (Wildman–Crippen LogP) is 3.13. The number of nitrogen functional groups attached to an aromatic ring is 1. The summed E-state index contributed by atoms with van der Waals surface area (Å²) in [6, 6.07) is 16.6. The van der Waals surface area contributed by atoms with Crippen molar-refractivity contribution in [2.24, 2.45) is 5.73 Å². The quantitative estimate of drug-likeness (QED) is 0.431. The highest BCUT2D eigenvalue weighted by atomic mass is 32.2. The molecule has 0 aliphatic carbocycles. The second-order valence-corrected chi connectivity index (χ2v) is 9.14. The van der Waals surface area contributed by atoms with E-state index in [9.17, 15) is 8.42 Å². The van der Waals surface area contributed by atoms with Gasteiger partial charge in [0.05, 0.1) is 4.88 Å². The average molecular weight is 420 g/mol. The molecule has 9 heteroatoms. The van der Waals surface area contributed by atoms with Crippen molar-refractivity contribution in [2.45, 2.75) is 6.10 Å². The molecule has 1 unspecified atom stereocenters. The van der Waals surface area contributed by atoms with Crippen LogP contribution in [-0.2, 0) is 14.5 Å². The first kappa shape index (κ1) is 20.3. The fourth-order valence-electron chi connectivity index (χ4n) is 2.54. The number of thiophene rings is 1. The first-order valence-electron chi connectivity index (χ1n) is 8.43. The minimum absolute atomic E-state index is 0.00725. The maximum absolute atomic E-state index is 12.0. The number of nitrogens with two attached hydrogens (primary N) is 1. The minimum Gasteiger partial charge on any atom is -0.483 e. The lowest BCUT2D eigenvalue weighted by molar-refractivity contribution is 0.129. The van der Waals surface area contributed by atoms with Crippen LogP contribution in [0.1, 0.15) is 16.5 Å². The lowest BCUT2D eigenvalue weighted by Crippen LogP contribution is -2.27. The van der Waals surface area contributed by atoms with Gasteiger partial charge in [0.15, 0.2) is 0 Å². The number of amidine groups is 1. The molecule has 3 aromatic rings. The molecule has 0 aliphatic rings. The van der Waals surface area contributed by atoms with Gasteiger partial charge in [-0.25, -0.2) is 0 Å². The highest BCUT2D eigenvalue weighted by Gasteiger charge is 2.22.